The predicted molar refractivity (Wildman–Crippen MR) is 144 cm³/mol. The summed E-state index contributed by atoms with van der Waals surface area (Å²) in [5.74, 6) is 0. The minimum absolute atomic E-state index is 0.950. The van der Waals surface area contributed by atoms with Crippen molar-refractivity contribution in [3.63, 3.8) is 0 Å². The summed E-state index contributed by atoms with van der Waals surface area (Å²) in [5.41, 5.74) is 16.0. The molecule has 0 spiro atoms. The molecule has 0 saturated carbocycles. The summed E-state index contributed by atoms with van der Waals surface area (Å²) < 4.78 is 2.37. The Morgan fingerprint density at radius 1 is 0.514 bits per heavy atom. The molecule has 0 radical (unpaired) electrons. The highest BCUT2D eigenvalue weighted by Gasteiger charge is 2.30. The normalized spacial score (nSPS) is 13.5. The van der Waals surface area contributed by atoms with Crippen molar-refractivity contribution < 1.29 is 0 Å². The van der Waals surface area contributed by atoms with Crippen LogP contribution in [0.25, 0.3) is 60.6 Å². The first kappa shape index (κ1) is 18.0. The summed E-state index contributed by atoms with van der Waals surface area (Å²) in [6.07, 6.45) is 1.97. The Bertz CT molecular complexity index is 2060. The largest absolute Gasteiger partial charge is 0.292 e. The second kappa shape index (κ2) is 6.17. The molecule has 0 amide bonds. The first-order chi connectivity index (χ1) is 17.4. The minimum atomic E-state index is 0.950. The number of benzene rings is 5. The Morgan fingerprint density at radius 3 is 2.20 bits per heavy atom. The molecule has 2 aliphatic carbocycles. The number of fused-ring (bicyclic) bond motifs is 16. The second-order valence-corrected chi connectivity index (χ2v) is 9.93. The Hall–Kier alpha value is -4.43. The van der Waals surface area contributed by atoms with Crippen LogP contribution in [-0.4, -0.2) is 9.38 Å². The second-order valence-electron chi connectivity index (χ2n) is 9.93. The summed E-state index contributed by atoms with van der Waals surface area (Å²) in [6.45, 7) is 0. The van der Waals surface area contributed by atoms with Crippen molar-refractivity contribution in [3.05, 3.63) is 119 Å². The van der Waals surface area contributed by atoms with Crippen LogP contribution >= 0.6 is 0 Å². The molecule has 9 rings (SSSR count). The van der Waals surface area contributed by atoms with Gasteiger partial charge in [-0.15, -0.1) is 0 Å². The van der Waals surface area contributed by atoms with Crippen molar-refractivity contribution in [1.82, 2.24) is 9.38 Å². The van der Waals surface area contributed by atoms with Crippen molar-refractivity contribution in [2.45, 2.75) is 12.8 Å². The van der Waals surface area contributed by atoms with E-state index in [0.717, 1.165) is 24.0 Å². The lowest BCUT2D eigenvalue weighted by atomic mass is 9.95. The maximum absolute atomic E-state index is 5.34. The molecule has 0 bridgehead atoms. The SMILES string of the molecule is c1ccc2c(c1)Cc1c-2ccc2c1-c1ccc3c(nc4c5ccccc5c5ccccc5n34)c1C2. The van der Waals surface area contributed by atoms with Crippen LogP contribution in [0, 0.1) is 0 Å². The van der Waals surface area contributed by atoms with Crippen molar-refractivity contribution in [1.29, 1.82) is 0 Å². The highest BCUT2D eigenvalue weighted by atomic mass is 15.0. The van der Waals surface area contributed by atoms with Gasteiger partial charge < -0.3 is 0 Å². The van der Waals surface area contributed by atoms with Crippen molar-refractivity contribution >= 4 is 38.4 Å². The van der Waals surface area contributed by atoms with Crippen LogP contribution in [0.15, 0.2) is 97.1 Å². The number of nitrogens with zero attached hydrogens (tertiary/aromatic N) is 2. The number of aromatic nitrogens is 2. The van der Waals surface area contributed by atoms with Crippen LogP contribution in [0.5, 0.6) is 0 Å². The van der Waals surface area contributed by atoms with Gasteiger partial charge >= 0.3 is 0 Å². The summed E-state index contributed by atoms with van der Waals surface area (Å²) in [4.78, 5) is 5.34. The summed E-state index contributed by atoms with van der Waals surface area (Å²) in [6, 6.07) is 35.6. The Labute approximate surface area is 202 Å². The van der Waals surface area contributed by atoms with Gasteiger partial charge in [0.15, 0.2) is 0 Å². The molecule has 35 heavy (non-hydrogen) atoms. The minimum Gasteiger partial charge on any atom is -0.292 e. The van der Waals surface area contributed by atoms with Gasteiger partial charge in [0.05, 0.1) is 16.6 Å². The maximum Gasteiger partial charge on any atom is 0.146 e. The van der Waals surface area contributed by atoms with Crippen LogP contribution in [0.1, 0.15) is 22.3 Å². The lowest BCUT2D eigenvalue weighted by molar-refractivity contribution is 1.24. The topological polar surface area (TPSA) is 17.3 Å². The molecule has 162 valence electrons. The van der Waals surface area contributed by atoms with Gasteiger partial charge in [0, 0.05) is 17.2 Å². The highest BCUT2D eigenvalue weighted by Crippen LogP contribution is 2.49. The van der Waals surface area contributed by atoms with E-state index in [9.17, 15) is 0 Å². The number of hydrogen-bond acceptors (Lipinski definition) is 1. The van der Waals surface area contributed by atoms with Crippen LogP contribution in [0.4, 0.5) is 0 Å². The summed E-state index contributed by atoms with van der Waals surface area (Å²) >= 11 is 0. The molecular weight excluding hydrogens is 424 g/mol. The molecule has 0 saturated heterocycles. The number of rotatable bonds is 0. The third kappa shape index (κ3) is 2.14. The molecular formula is C33H20N2. The zero-order chi connectivity index (χ0) is 22.7. The molecule has 0 aliphatic heterocycles. The molecule has 0 atom stereocenters. The third-order valence-electron chi connectivity index (χ3n) is 8.25. The zero-order valence-electron chi connectivity index (χ0n) is 19.0. The van der Waals surface area contributed by atoms with Crippen LogP contribution in [0.2, 0.25) is 0 Å². The van der Waals surface area contributed by atoms with Crippen LogP contribution in [0.3, 0.4) is 0 Å². The van der Waals surface area contributed by atoms with E-state index < -0.39 is 0 Å². The van der Waals surface area contributed by atoms with E-state index in [0.29, 0.717) is 0 Å². The van der Waals surface area contributed by atoms with Gasteiger partial charge in [0.25, 0.3) is 0 Å². The molecule has 2 nitrogen and oxygen atoms in total. The Balaban J connectivity index is 1.39. The number of pyridine rings is 1. The molecule has 2 aliphatic rings. The smallest absolute Gasteiger partial charge is 0.146 e. The standard InChI is InChI=1S/C33H20N2/c1-2-8-21-19(7-1)17-27-23(21)14-13-20-18-28-25(31(20)27)15-16-30-32(28)34-33-26-11-4-3-9-22(26)24-10-5-6-12-29(24)35(30)33/h1-16H,17-18H2. The number of para-hydroxylation sites is 1. The fraction of sp³-hybridized carbons (Fsp3) is 0.0606. The molecule has 2 heteroatoms. The highest BCUT2D eigenvalue weighted by molar-refractivity contribution is 6.14. The van der Waals surface area contributed by atoms with E-state index in [1.54, 1.807) is 0 Å². The van der Waals surface area contributed by atoms with E-state index in [2.05, 4.69) is 101 Å². The van der Waals surface area contributed by atoms with Crippen molar-refractivity contribution in [2.24, 2.45) is 0 Å². The molecule has 0 N–H and O–H groups in total. The van der Waals surface area contributed by atoms with Crippen LogP contribution < -0.4 is 0 Å². The van der Waals surface area contributed by atoms with Gasteiger partial charge in [-0.05, 0) is 68.4 Å². The summed E-state index contributed by atoms with van der Waals surface area (Å²) in [5, 5.41) is 3.75. The van der Waals surface area contributed by atoms with Crippen molar-refractivity contribution in [2.75, 3.05) is 0 Å². The lowest BCUT2D eigenvalue weighted by Crippen LogP contribution is -1.91. The van der Waals surface area contributed by atoms with Gasteiger partial charge in [0.1, 0.15) is 5.65 Å². The monoisotopic (exact) mass is 444 g/mol. The first-order valence-corrected chi connectivity index (χ1v) is 12.3. The van der Waals surface area contributed by atoms with Crippen LogP contribution in [-0.2, 0) is 12.8 Å². The molecule has 5 aromatic carbocycles. The van der Waals surface area contributed by atoms with E-state index >= 15 is 0 Å². The summed E-state index contributed by atoms with van der Waals surface area (Å²) in [7, 11) is 0. The molecule has 7 aromatic rings. The molecule has 2 aromatic heterocycles. The molecule has 2 heterocycles. The van der Waals surface area contributed by atoms with Crippen molar-refractivity contribution in [3.8, 4) is 22.3 Å². The van der Waals surface area contributed by atoms with E-state index in [1.807, 2.05) is 0 Å². The zero-order valence-corrected chi connectivity index (χ0v) is 19.0. The average Bonchev–Trinajstić information content (AvgIpc) is 3.59. The number of imidazole rings is 1. The van der Waals surface area contributed by atoms with E-state index in [4.69, 9.17) is 4.98 Å². The predicted octanol–water partition coefficient (Wildman–Crippen LogP) is 7.94. The van der Waals surface area contributed by atoms with Gasteiger partial charge in [-0.2, -0.15) is 0 Å². The van der Waals surface area contributed by atoms with Gasteiger partial charge in [0.2, 0.25) is 0 Å². The lowest BCUT2D eigenvalue weighted by Gasteiger charge is -2.10. The molecule has 0 fully saturated rings. The average molecular weight is 445 g/mol. The van der Waals surface area contributed by atoms with E-state index in [1.165, 1.54) is 71.7 Å². The van der Waals surface area contributed by atoms with Gasteiger partial charge in [-0.3, -0.25) is 4.40 Å². The Morgan fingerprint density at radius 2 is 1.26 bits per heavy atom. The Kier molecular flexibility index (Phi) is 3.16. The van der Waals surface area contributed by atoms with E-state index in [-0.39, 0.29) is 0 Å². The van der Waals surface area contributed by atoms with Gasteiger partial charge in [-0.1, -0.05) is 84.9 Å². The fourth-order valence-corrected chi connectivity index (χ4v) is 6.78. The third-order valence-corrected chi connectivity index (χ3v) is 8.25. The quantitative estimate of drug-likeness (QED) is 0.217. The fourth-order valence-electron chi connectivity index (χ4n) is 6.78. The first-order valence-electron chi connectivity index (χ1n) is 12.3. The van der Waals surface area contributed by atoms with Gasteiger partial charge in [-0.25, -0.2) is 4.98 Å². The maximum atomic E-state index is 5.34. The molecule has 0 unspecified atom stereocenters. The number of hydrogen-bond donors (Lipinski definition) is 0.